The molecule has 0 radical (unpaired) electrons. The third-order valence-electron chi connectivity index (χ3n) is 7.18. The average Bonchev–Trinajstić information content (AvgIpc) is 2.95. The first kappa shape index (κ1) is 29.3. The molecule has 0 spiro atoms. The second-order valence-electron chi connectivity index (χ2n) is 11.2. The first-order valence-corrected chi connectivity index (χ1v) is 13.6. The van der Waals surface area contributed by atoms with Crippen molar-refractivity contribution in [1.29, 1.82) is 0 Å². The third kappa shape index (κ3) is 6.54. The van der Waals surface area contributed by atoms with Crippen LogP contribution in [0.5, 0.6) is 0 Å². The number of hydrogen-bond donors (Lipinski definition) is 2. The number of amides is 2. The molecular weight excluding hydrogens is 514 g/mol. The van der Waals surface area contributed by atoms with Crippen molar-refractivity contribution in [2.24, 2.45) is 7.05 Å². The molecule has 0 unspecified atom stereocenters. The Balaban J connectivity index is 1.59. The number of nitrogens with zero attached hydrogens (tertiary/aromatic N) is 3. The number of hydrogen-bond acceptors (Lipinski definition) is 5. The fourth-order valence-electron chi connectivity index (χ4n) is 4.44. The molecule has 212 valence electrons. The Kier molecular flexibility index (Phi) is 8.42. The molecule has 8 heteroatoms. The Morgan fingerprint density at radius 2 is 1.66 bits per heavy atom. The Morgan fingerprint density at radius 1 is 0.976 bits per heavy atom. The van der Waals surface area contributed by atoms with Gasteiger partial charge in [0.05, 0.1) is 5.56 Å². The maximum atomic E-state index is 13.1. The summed E-state index contributed by atoms with van der Waals surface area (Å²) >= 11 is 0. The molecule has 2 aromatic carbocycles. The van der Waals surface area contributed by atoms with Crippen LogP contribution >= 0.6 is 0 Å². The Hall–Kier alpha value is -4.72. The smallest absolute Gasteiger partial charge is 0.274 e. The number of aromatic nitrogens is 2. The Bertz CT molecular complexity index is 1630. The van der Waals surface area contributed by atoms with E-state index in [2.05, 4.69) is 36.4 Å². The quantitative estimate of drug-likeness (QED) is 0.288. The van der Waals surface area contributed by atoms with Crippen LogP contribution in [0.25, 0.3) is 11.1 Å². The summed E-state index contributed by atoms with van der Waals surface area (Å²) in [7, 11) is 3.42. The van der Waals surface area contributed by atoms with Crippen LogP contribution in [0.4, 0.5) is 17.2 Å². The van der Waals surface area contributed by atoms with Gasteiger partial charge in [-0.25, -0.2) is 4.98 Å². The molecule has 2 aromatic heterocycles. The van der Waals surface area contributed by atoms with Gasteiger partial charge >= 0.3 is 0 Å². The van der Waals surface area contributed by atoms with Gasteiger partial charge in [0, 0.05) is 49.8 Å². The SMILES string of the molecule is CCN(C)C(=O)c1ccc(Nc2cc(-c3cccc(NC(=O)c4ccc(C(C)(C)C)cc4)c3C)cn(C)c2=O)nc1. The molecular formula is C33H37N5O3. The van der Waals surface area contributed by atoms with Crippen LogP contribution in [0.2, 0.25) is 0 Å². The largest absolute Gasteiger partial charge is 0.342 e. The van der Waals surface area contributed by atoms with E-state index in [1.807, 2.05) is 56.3 Å². The van der Waals surface area contributed by atoms with Crippen LogP contribution in [0.3, 0.4) is 0 Å². The van der Waals surface area contributed by atoms with Gasteiger partial charge in [-0.05, 0) is 72.4 Å². The van der Waals surface area contributed by atoms with Crippen molar-refractivity contribution < 1.29 is 9.59 Å². The maximum Gasteiger partial charge on any atom is 0.274 e. The lowest BCUT2D eigenvalue weighted by molar-refractivity contribution is 0.0802. The van der Waals surface area contributed by atoms with E-state index < -0.39 is 0 Å². The van der Waals surface area contributed by atoms with Gasteiger partial charge in [0.1, 0.15) is 11.5 Å². The van der Waals surface area contributed by atoms with E-state index in [4.69, 9.17) is 0 Å². The zero-order valence-electron chi connectivity index (χ0n) is 24.7. The summed E-state index contributed by atoms with van der Waals surface area (Å²) in [5.41, 5.74) is 5.59. The van der Waals surface area contributed by atoms with Crippen molar-refractivity contribution in [3.8, 4) is 11.1 Å². The van der Waals surface area contributed by atoms with Crippen LogP contribution < -0.4 is 16.2 Å². The van der Waals surface area contributed by atoms with Gasteiger partial charge in [-0.1, -0.05) is 45.0 Å². The van der Waals surface area contributed by atoms with E-state index in [0.717, 1.165) is 22.3 Å². The number of carbonyl (C=O) groups excluding carboxylic acids is 2. The van der Waals surface area contributed by atoms with Gasteiger partial charge in [-0.15, -0.1) is 0 Å². The lowest BCUT2D eigenvalue weighted by Crippen LogP contribution is -2.26. The molecule has 4 rings (SSSR count). The highest BCUT2D eigenvalue weighted by molar-refractivity contribution is 6.05. The van der Waals surface area contributed by atoms with Crippen molar-refractivity contribution in [3.05, 3.63) is 106 Å². The van der Waals surface area contributed by atoms with Crippen molar-refractivity contribution in [1.82, 2.24) is 14.5 Å². The first-order valence-electron chi connectivity index (χ1n) is 13.6. The number of benzene rings is 2. The molecule has 2 amide bonds. The zero-order chi connectivity index (χ0) is 29.9. The van der Waals surface area contributed by atoms with Gasteiger partial charge in [0.2, 0.25) is 0 Å². The summed E-state index contributed by atoms with van der Waals surface area (Å²) in [6, 6.07) is 18.5. The van der Waals surface area contributed by atoms with Gasteiger partial charge < -0.3 is 20.1 Å². The number of pyridine rings is 2. The standard InChI is InChI=1S/C33H37N5O3/c1-8-37(6)31(40)23-14-17-29(34-19-23)35-28-18-24(20-38(7)32(28)41)26-10-9-11-27(21(26)2)36-30(39)22-12-15-25(16-13-22)33(3,4)5/h9-20H,8H2,1-7H3,(H,34,35)(H,36,39). The van der Waals surface area contributed by atoms with Crippen LogP contribution in [-0.4, -0.2) is 39.9 Å². The van der Waals surface area contributed by atoms with Gasteiger partial charge in [0.15, 0.2) is 0 Å². The minimum Gasteiger partial charge on any atom is -0.342 e. The highest BCUT2D eigenvalue weighted by Gasteiger charge is 2.17. The van der Waals surface area contributed by atoms with E-state index in [9.17, 15) is 14.4 Å². The average molecular weight is 552 g/mol. The van der Waals surface area contributed by atoms with Crippen molar-refractivity contribution in [3.63, 3.8) is 0 Å². The summed E-state index contributed by atoms with van der Waals surface area (Å²) in [5.74, 6) is 0.144. The highest BCUT2D eigenvalue weighted by Crippen LogP contribution is 2.30. The van der Waals surface area contributed by atoms with Gasteiger partial charge in [-0.2, -0.15) is 0 Å². The molecule has 2 N–H and O–H groups in total. The van der Waals surface area contributed by atoms with Crippen LogP contribution in [0.1, 0.15) is 59.5 Å². The zero-order valence-corrected chi connectivity index (χ0v) is 24.7. The molecule has 2 heterocycles. The molecule has 8 nitrogen and oxygen atoms in total. The minimum absolute atomic E-state index is 0.00758. The fourth-order valence-corrected chi connectivity index (χ4v) is 4.44. The Morgan fingerprint density at radius 3 is 2.27 bits per heavy atom. The van der Waals surface area contributed by atoms with E-state index in [1.54, 1.807) is 43.4 Å². The summed E-state index contributed by atoms with van der Waals surface area (Å²) in [4.78, 5) is 44.3. The predicted molar refractivity (Wildman–Crippen MR) is 165 cm³/mol. The maximum absolute atomic E-state index is 13.1. The minimum atomic E-state index is -0.220. The molecule has 0 saturated heterocycles. The van der Waals surface area contributed by atoms with Gasteiger partial charge in [-0.3, -0.25) is 14.4 Å². The number of anilines is 3. The summed E-state index contributed by atoms with van der Waals surface area (Å²) in [5, 5.41) is 6.13. The number of aryl methyl sites for hydroxylation is 1. The molecule has 0 saturated carbocycles. The second-order valence-corrected chi connectivity index (χ2v) is 11.2. The van der Waals surface area contributed by atoms with Crippen molar-refractivity contribution >= 4 is 29.0 Å². The monoisotopic (exact) mass is 551 g/mol. The molecule has 0 aliphatic carbocycles. The summed E-state index contributed by atoms with van der Waals surface area (Å²) in [6.45, 7) is 10.9. The topological polar surface area (TPSA) is 96.3 Å². The van der Waals surface area contributed by atoms with E-state index in [0.29, 0.717) is 34.9 Å². The van der Waals surface area contributed by atoms with Crippen molar-refractivity contribution in [2.45, 2.75) is 40.0 Å². The Labute approximate surface area is 241 Å². The lowest BCUT2D eigenvalue weighted by Gasteiger charge is -2.19. The third-order valence-corrected chi connectivity index (χ3v) is 7.18. The predicted octanol–water partition coefficient (Wildman–Crippen LogP) is 6.14. The van der Waals surface area contributed by atoms with E-state index in [1.165, 1.54) is 10.8 Å². The number of rotatable bonds is 7. The molecule has 0 atom stereocenters. The number of nitrogens with one attached hydrogen (secondary N) is 2. The van der Waals surface area contributed by atoms with E-state index >= 15 is 0 Å². The number of carbonyl (C=O) groups is 2. The lowest BCUT2D eigenvalue weighted by atomic mass is 9.86. The second kappa shape index (κ2) is 11.8. The van der Waals surface area contributed by atoms with Crippen LogP contribution in [-0.2, 0) is 12.5 Å². The van der Waals surface area contributed by atoms with Gasteiger partial charge in [0.25, 0.3) is 17.4 Å². The summed E-state index contributed by atoms with van der Waals surface area (Å²) in [6.07, 6.45) is 3.26. The van der Waals surface area contributed by atoms with E-state index in [-0.39, 0.29) is 22.8 Å². The summed E-state index contributed by atoms with van der Waals surface area (Å²) < 4.78 is 1.51. The van der Waals surface area contributed by atoms with Crippen LogP contribution in [0, 0.1) is 6.92 Å². The molecule has 0 aliphatic heterocycles. The molecule has 0 fully saturated rings. The molecule has 0 bridgehead atoms. The first-order chi connectivity index (χ1) is 19.4. The molecule has 41 heavy (non-hydrogen) atoms. The van der Waals surface area contributed by atoms with Crippen LogP contribution in [0.15, 0.2) is 77.9 Å². The normalized spacial score (nSPS) is 11.2. The molecule has 4 aromatic rings. The fraction of sp³-hybridized carbons (Fsp3) is 0.273. The molecule has 0 aliphatic rings. The highest BCUT2D eigenvalue weighted by atomic mass is 16.2. The van der Waals surface area contributed by atoms with Crippen molar-refractivity contribution in [2.75, 3.05) is 24.2 Å².